The number of benzene rings is 1. The summed E-state index contributed by atoms with van der Waals surface area (Å²) < 4.78 is 14.3. The Morgan fingerprint density at radius 2 is 2.12 bits per heavy atom. The number of hydrogen-bond donors (Lipinski definition) is 3. The number of halogens is 1. The van der Waals surface area contributed by atoms with Gasteiger partial charge in [0.05, 0.1) is 11.3 Å². The van der Waals surface area contributed by atoms with Gasteiger partial charge in [0.1, 0.15) is 17.5 Å². The van der Waals surface area contributed by atoms with Crippen molar-refractivity contribution < 1.29 is 9.18 Å². The number of carbonyl (C=O) groups excluding carboxylic acids is 1. The van der Waals surface area contributed by atoms with Gasteiger partial charge in [-0.3, -0.25) is 9.78 Å². The third-order valence-corrected chi connectivity index (χ3v) is 5.93. The summed E-state index contributed by atoms with van der Waals surface area (Å²) in [6, 6.07) is 8.53. The smallest absolute Gasteiger partial charge is 0.219 e. The number of nitrogens with zero attached hydrogens (tertiary/aromatic N) is 4. The van der Waals surface area contributed by atoms with E-state index in [4.69, 9.17) is 21.1 Å². The SMILES string of the molecule is CC(=O)N1C[C@H](c2nc(Nc3cc(N)c(C=N)c(F)c3)cc(-c3cccnc3)n2)CC[C@@H]1C. The van der Waals surface area contributed by atoms with Crippen LogP contribution in [0.25, 0.3) is 11.3 Å². The molecule has 1 fully saturated rings. The molecule has 9 heteroatoms. The number of likely N-dealkylation sites (tertiary alicyclic amines) is 1. The number of aromatic nitrogens is 3. The van der Waals surface area contributed by atoms with Gasteiger partial charge < -0.3 is 21.4 Å². The van der Waals surface area contributed by atoms with Crippen molar-refractivity contribution in [3.8, 4) is 11.3 Å². The van der Waals surface area contributed by atoms with Crippen molar-refractivity contribution in [2.45, 2.75) is 38.6 Å². The van der Waals surface area contributed by atoms with Crippen molar-refractivity contribution >= 4 is 29.3 Å². The lowest BCUT2D eigenvalue weighted by molar-refractivity contribution is -0.132. The highest BCUT2D eigenvalue weighted by Gasteiger charge is 2.30. The number of amides is 1. The maximum Gasteiger partial charge on any atom is 0.219 e. The van der Waals surface area contributed by atoms with E-state index in [9.17, 15) is 9.18 Å². The predicted molar refractivity (Wildman–Crippen MR) is 126 cm³/mol. The molecule has 2 atom stereocenters. The van der Waals surface area contributed by atoms with Crippen LogP contribution in [0.15, 0.2) is 42.7 Å². The number of nitrogen functional groups attached to an aromatic ring is 1. The monoisotopic (exact) mass is 447 g/mol. The Morgan fingerprint density at radius 3 is 2.79 bits per heavy atom. The molecule has 4 N–H and O–H groups in total. The molecule has 0 spiro atoms. The van der Waals surface area contributed by atoms with Crippen LogP contribution in [0.1, 0.15) is 44.0 Å². The summed E-state index contributed by atoms with van der Waals surface area (Å²) in [6.45, 7) is 4.17. The van der Waals surface area contributed by atoms with Crippen LogP contribution in [0.4, 0.5) is 21.6 Å². The molecule has 4 rings (SSSR count). The molecule has 8 nitrogen and oxygen atoms in total. The van der Waals surface area contributed by atoms with Crippen molar-refractivity contribution in [2.75, 3.05) is 17.6 Å². The first-order valence-electron chi connectivity index (χ1n) is 10.8. The molecular weight excluding hydrogens is 421 g/mol. The second-order valence-electron chi connectivity index (χ2n) is 8.26. The van der Waals surface area contributed by atoms with Crippen molar-refractivity contribution in [1.82, 2.24) is 19.9 Å². The molecule has 1 aromatic carbocycles. The normalized spacial score (nSPS) is 18.1. The van der Waals surface area contributed by atoms with Crippen LogP contribution >= 0.6 is 0 Å². The molecule has 0 aliphatic carbocycles. The molecule has 1 aliphatic heterocycles. The Balaban J connectivity index is 1.73. The van der Waals surface area contributed by atoms with Crippen molar-refractivity contribution in [1.29, 1.82) is 5.41 Å². The largest absolute Gasteiger partial charge is 0.398 e. The first-order valence-corrected chi connectivity index (χ1v) is 10.8. The molecule has 0 unspecified atom stereocenters. The molecule has 170 valence electrons. The molecule has 3 heterocycles. The molecule has 3 aromatic rings. The highest BCUT2D eigenvalue weighted by atomic mass is 19.1. The van der Waals surface area contributed by atoms with Gasteiger partial charge in [-0.15, -0.1) is 0 Å². The molecule has 1 aliphatic rings. The number of hydrogen-bond acceptors (Lipinski definition) is 7. The quantitative estimate of drug-likeness (QED) is 0.400. The van der Waals surface area contributed by atoms with Crippen LogP contribution in [0, 0.1) is 11.2 Å². The van der Waals surface area contributed by atoms with E-state index in [2.05, 4.69) is 17.2 Å². The minimum atomic E-state index is -0.590. The van der Waals surface area contributed by atoms with Gasteiger partial charge in [0.2, 0.25) is 5.91 Å². The fourth-order valence-corrected chi connectivity index (χ4v) is 4.14. The maximum atomic E-state index is 14.3. The number of rotatable bonds is 5. The third kappa shape index (κ3) is 4.82. The van der Waals surface area contributed by atoms with Gasteiger partial charge in [-0.05, 0) is 44.0 Å². The van der Waals surface area contributed by atoms with Crippen LogP contribution < -0.4 is 11.1 Å². The van der Waals surface area contributed by atoms with Gasteiger partial charge in [-0.25, -0.2) is 14.4 Å². The summed E-state index contributed by atoms with van der Waals surface area (Å²) >= 11 is 0. The summed E-state index contributed by atoms with van der Waals surface area (Å²) in [5.74, 6) is 0.512. The molecule has 1 amide bonds. The molecule has 0 radical (unpaired) electrons. The Bertz CT molecular complexity index is 1160. The average molecular weight is 448 g/mol. The van der Waals surface area contributed by atoms with Gasteiger partial charge in [-0.2, -0.15) is 0 Å². The Kier molecular flexibility index (Phi) is 6.30. The van der Waals surface area contributed by atoms with Gasteiger partial charge in [0.15, 0.2) is 0 Å². The molecule has 33 heavy (non-hydrogen) atoms. The average Bonchev–Trinajstić information content (AvgIpc) is 2.79. The standard InChI is InChI=1S/C24H26FN7O/c1-14-5-6-17(13-32(14)15(2)33)24-30-22(16-4-3-7-28-12-16)10-23(31-24)29-18-8-20(25)19(11-26)21(27)9-18/h3-4,7-12,14,17,26H,5-6,13,27H2,1-2H3,(H,29,30,31)/t14-,17+/m0/s1. The number of pyridine rings is 1. The van der Waals surface area contributed by atoms with Crippen LogP contribution in [-0.4, -0.2) is 44.6 Å². The lowest BCUT2D eigenvalue weighted by atomic mass is 9.92. The first-order chi connectivity index (χ1) is 15.9. The predicted octanol–water partition coefficient (Wildman–Crippen LogP) is 4.12. The van der Waals surface area contributed by atoms with Crippen LogP contribution in [0.3, 0.4) is 0 Å². The van der Waals surface area contributed by atoms with Gasteiger partial charge in [-0.1, -0.05) is 0 Å². The second-order valence-corrected chi connectivity index (χ2v) is 8.26. The topological polar surface area (TPSA) is 121 Å². The lowest BCUT2D eigenvalue weighted by Gasteiger charge is -2.37. The van der Waals surface area contributed by atoms with Crippen molar-refractivity contribution in [3.05, 3.63) is 59.9 Å². The first kappa shape index (κ1) is 22.3. The van der Waals surface area contributed by atoms with E-state index in [0.717, 1.165) is 24.6 Å². The number of anilines is 3. The van der Waals surface area contributed by atoms with E-state index in [0.29, 0.717) is 29.6 Å². The number of nitrogens with one attached hydrogen (secondary N) is 2. The fourth-order valence-electron chi connectivity index (χ4n) is 4.14. The minimum Gasteiger partial charge on any atom is -0.398 e. The molecule has 1 saturated heterocycles. The summed E-state index contributed by atoms with van der Waals surface area (Å²) in [6.07, 6.45) is 6.02. The third-order valence-electron chi connectivity index (χ3n) is 5.93. The van der Waals surface area contributed by atoms with E-state index in [1.165, 1.54) is 6.07 Å². The molecular formula is C24H26FN7O. The lowest BCUT2D eigenvalue weighted by Crippen LogP contribution is -2.44. The number of nitrogens with two attached hydrogens (primary N) is 1. The highest BCUT2D eigenvalue weighted by Crippen LogP contribution is 2.32. The Morgan fingerprint density at radius 1 is 1.30 bits per heavy atom. The van der Waals surface area contributed by atoms with Crippen molar-refractivity contribution in [2.24, 2.45) is 0 Å². The van der Waals surface area contributed by atoms with Crippen molar-refractivity contribution in [3.63, 3.8) is 0 Å². The summed E-state index contributed by atoms with van der Waals surface area (Å²) in [7, 11) is 0. The second kappa shape index (κ2) is 9.32. The summed E-state index contributed by atoms with van der Waals surface area (Å²) in [4.78, 5) is 27.6. The van der Waals surface area contributed by atoms with Crippen LogP contribution in [0.2, 0.25) is 0 Å². The van der Waals surface area contributed by atoms with Crippen LogP contribution in [0.5, 0.6) is 0 Å². The number of piperidine rings is 1. The zero-order chi connectivity index (χ0) is 23.5. The Labute approximate surface area is 191 Å². The number of carbonyl (C=O) groups is 1. The van der Waals surface area contributed by atoms with E-state index >= 15 is 0 Å². The summed E-state index contributed by atoms with van der Waals surface area (Å²) in [5.41, 5.74) is 8.01. The fraction of sp³-hybridized carbons (Fsp3) is 0.292. The van der Waals surface area contributed by atoms with E-state index in [1.807, 2.05) is 17.0 Å². The minimum absolute atomic E-state index is 0.0237. The molecule has 0 bridgehead atoms. The molecule has 0 saturated carbocycles. The van der Waals surface area contributed by atoms with E-state index in [1.54, 1.807) is 31.5 Å². The van der Waals surface area contributed by atoms with Crippen LogP contribution in [-0.2, 0) is 4.79 Å². The zero-order valence-corrected chi connectivity index (χ0v) is 18.5. The van der Waals surface area contributed by atoms with Gasteiger partial charge >= 0.3 is 0 Å². The maximum absolute atomic E-state index is 14.3. The van der Waals surface area contributed by atoms with Gasteiger partial charge in [0.25, 0.3) is 0 Å². The Hall–Kier alpha value is -3.88. The van der Waals surface area contributed by atoms with E-state index in [-0.39, 0.29) is 29.1 Å². The zero-order valence-electron chi connectivity index (χ0n) is 18.5. The summed E-state index contributed by atoms with van der Waals surface area (Å²) in [5, 5.41) is 10.4. The molecule has 2 aromatic heterocycles. The highest BCUT2D eigenvalue weighted by molar-refractivity contribution is 5.87. The van der Waals surface area contributed by atoms with Gasteiger partial charge in [0, 0.05) is 67.0 Å². The van der Waals surface area contributed by atoms with E-state index < -0.39 is 5.82 Å².